The zero-order chi connectivity index (χ0) is 25.4. The third kappa shape index (κ3) is 4.22. The maximum atomic E-state index is 13.8. The smallest absolute Gasteiger partial charge is 0.223 e. The number of nitrogens with one attached hydrogen (secondary N) is 1. The van der Waals surface area contributed by atoms with Crippen LogP contribution in [-0.2, 0) is 13.0 Å². The average molecular weight is 497 g/mol. The lowest BCUT2D eigenvalue weighted by atomic mass is 10.1. The lowest BCUT2D eigenvalue weighted by Gasteiger charge is -2.19. The van der Waals surface area contributed by atoms with E-state index in [-0.39, 0.29) is 11.9 Å². The number of aromatic nitrogens is 5. The molecule has 0 amide bonds. The van der Waals surface area contributed by atoms with E-state index >= 15 is 0 Å². The maximum absolute atomic E-state index is 13.8. The van der Waals surface area contributed by atoms with Crippen molar-refractivity contribution < 1.29 is 9.13 Å². The number of nitrogens with zero attached hydrogens (tertiary/aromatic N) is 5. The second kappa shape index (κ2) is 9.69. The van der Waals surface area contributed by atoms with Crippen LogP contribution in [0, 0.1) is 5.82 Å². The molecule has 6 rings (SSSR count). The summed E-state index contributed by atoms with van der Waals surface area (Å²) in [7, 11) is 1.71. The Labute approximate surface area is 215 Å². The second-order valence-electron chi connectivity index (χ2n) is 9.35. The van der Waals surface area contributed by atoms with E-state index in [9.17, 15) is 4.39 Å². The van der Waals surface area contributed by atoms with Crippen molar-refractivity contribution in [2.45, 2.75) is 38.8 Å². The van der Waals surface area contributed by atoms with Crippen molar-refractivity contribution in [2.24, 2.45) is 0 Å². The van der Waals surface area contributed by atoms with E-state index in [4.69, 9.17) is 14.7 Å². The van der Waals surface area contributed by atoms with E-state index in [1.807, 2.05) is 18.2 Å². The van der Waals surface area contributed by atoms with E-state index in [0.29, 0.717) is 5.95 Å². The Balaban J connectivity index is 1.47. The Morgan fingerprint density at radius 3 is 2.76 bits per heavy atom. The van der Waals surface area contributed by atoms with Gasteiger partial charge in [-0.05, 0) is 55.3 Å². The van der Waals surface area contributed by atoms with Gasteiger partial charge in [-0.2, -0.15) is 0 Å². The molecule has 0 radical (unpaired) electrons. The summed E-state index contributed by atoms with van der Waals surface area (Å²) < 4.78 is 24.0. The summed E-state index contributed by atoms with van der Waals surface area (Å²) >= 11 is 0. The molecule has 1 N–H and O–H groups in total. The highest BCUT2D eigenvalue weighted by Crippen LogP contribution is 2.40. The van der Waals surface area contributed by atoms with Crippen molar-refractivity contribution in [3.05, 3.63) is 78.6 Å². The number of fused-ring (bicyclic) bond motifs is 2. The Bertz CT molecular complexity index is 1550. The molecule has 188 valence electrons. The van der Waals surface area contributed by atoms with Gasteiger partial charge in [0.25, 0.3) is 0 Å². The summed E-state index contributed by atoms with van der Waals surface area (Å²) in [6, 6.07) is 16.9. The number of halogens is 1. The fraction of sp³-hybridized carbons (Fsp3) is 0.276. The Kier molecular flexibility index (Phi) is 6.08. The molecule has 0 fully saturated rings. The first-order valence-electron chi connectivity index (χ1n) is 12.7. The van der Waals surface area contributed by atoms with Gasteiger partial charge in [0.1, 0.15) is 17.4 Å². The number of hydrogen-bond donors (Lipinski definition) is 1. The highest BCUT2D eigenvalue weighted by molar-refractivity contribution is 5.86. The third-order valence-corrected chi connectivity index (χ3v) is 6.98. The second-order valence-corrected chi connectivity index (χ2v) is 9.35. The van der Waals surface area contributed by atoms with Crippen LogP contribution in [0.25, 0.3) is 33.5 Å². The number of ether oxygens (including phenoxy) is 1. The minimum Gasteiger partial charge on any atom is -0.495 e. The highest BCUT2D eigenvalue weighted by Gasteiger charge is 2.31. The van der Waals surface area contributed by atoms with Crippen LogP contribution < -0.4 is 10.1 Å². The number of methoxy groups -OCH3 is 1. The predicted octanol–water partition coefficient (Wildman–Crippen LogP) is 6.12. The summed E-state index contributed by atoms with van der Waals surface area (Å²) in [5.41, 5.74) is 4.51. The SMILES string of the molecule is CCCNc1nccc(-c2c(-c3ccc(F)cc3)nc3n2[C@H](Cn2ccc4cccc(OC)c42)CC3)n1. The largest absolute Gasteiger partial charge is 0.495 e. The molecule has 8 heteroatoms. The molecule has 7 nitrogen and oxygen atoms in total. The van der Waals surface area contributed by atoms with E-state index in [1.165, 1.54) is 12.1 Å². The van der Waals surface area contributed by atoms with Crippen LogP contribution in [0.1, 0.15) is 31.6 Å². The summed E-state index contributed by atoms with van der Waals surface area (Å²) in [6.45, 7) is 3.68. The van der Waals surface area contributed by atoms with Gasteiger partial charge in [0.05, 0.1) is 35.8 Å². The Morgan fingerprint density at radius 2 is 1.95 bits per heavy atom. The van der Waals surface area contributed by atoms with Crippen molar-refractivity contribution in [1.29, 1.82) is 0 Å². The van der Waals surface area contributed by atoms with Crippen molar-refractivity contribution >= 4 is 16.9 Å². The van der Waals surface area contributed by atoms with Crippen LogP contribution in [0.15, 0.2) is 67.0 Å². The van der Waals surface area contributed by atoms with Crippen LogP contribution in [-0.4, -0.2) is 37.7 Å². The van der Waals surface area contributed by atoms with Gasteiger partial charge in [-0.15, -0.1) is 0 Å². The molecule has 1 aliphatic heterocycles. The van der Waals surface area contributed by atoms with Crippen LogP contribution in [0.2, 0.25) is 0 Å². The number of anilines is 1. The molecular formula is C29H29FN6O. The molecule has 5 aromatic rings. The number of imidazole rings is 1. The highest BCUT2D eigenvalue weighted by atomic mass is 19.1. The molecular weight excluding hydrogens is 467 g/mol. The van der Waals surface area contributed by atoms with Gasteiger partial charge in [-0.1, -0.05) is 19.1 Å². The van der Waals surface area contributed by atoms with Crippen LogP contribution in [0.3, 0.4) is 0 Å². The monoisotopic (exact) mass is 496 g/mol. The fourth-order valence-corrected chi connectivity index (χ4v) is 5.28. The standard InChI is InChI=1S/C29H29FN6O/c1-3-15-31-29-32-16-13-23(33-29)28-26(19-7-9-21(30)10-8-19)34-25-12-11-22(36(25)28)18-35-17-14-20-5-4-6-24(37-2)27(20)35/h4-10,13-14,16-17,22H,3,11-12,15,18H2,1-2H3,(H,31,32,33)/t22-/m0/s1. The Hall–Kier alpha value is -4.20. The zero-order valence-electron chi connectivity index (χ0n) is 21.0. The van der Waals surface area contributed by atoms with E-state index in [0.717, 1.165) is 77.5 Å². The zero-order valence-corrected chi connectivity index (χ0v) is 21.0. The number of aryl methyl sites for hydroxylation is 1. The van der Waals surface area contributed by atoms with Gasteiger partial charge in [0.15, 0.2) is 0 Å². The quantitative estimate of drug-likeness (QED) is 0.280. The third-order valence-electron chi connectivity index (χ3n) is 6.98. The van der Waals surface area contributed by atoms with Crippen LogP contribution in [0.4, 0.5) is 10.3 Å². The molecule has 4 heterocycles. The Morgan fingerprint density at radius 1 is 1.08 bits per heavy atom. The van der Waals surface area contributed by atoms with Crippen molar-refractivity contribution in [3.63, 3.8) is 0 Å². The first kappa shape index (κ1) is 23.2. The minimum absolute atomic E-state index is 0.175. The summed E-state index contributed by atoms with van der Waals surface area (Å²) in [5, 5.41) is 4.44. The number of hydrogen-bond acceptors (Lipinski definition) is 5. The summed E-state index contributed by atoms with van der Waals surface area (Å²) in [4.78, 5) is 14.3. The van der Waals surface area contributed by atoms with Crippen molar-refractivity contribution in [3.8, 4) is 28.4 Å². The fourth-order valence-electron chi connectivity index (χ4n) is 5.28. The van der Waals surface area contributed by atoms with Crippen LogP contribution >= 0.6 is 0 Å². The molecule has 0 aliphatic carbocycles. The van der Waals surface area contributed by atoms with Gasteiger partial charge < -0.3 is 19.2 Å². The predicted molar refractivity (Wildman–Crippen MR) is 143 cm³/mol. The van der Waals surface area contributed by atoms with Gasteiger partial charge in [-0.3, -0.25) is 0 Å². The molecule has 3 aromatic heterocycles. The van der Waals surface area contributed by atoms with Crippen molar-refractivity contribution in [2.75, 3.05) is 19.0 Å². The van der Waals surface area contributed by atoms with Gasteiger partial charge in [0, 0.05) is 42.9 Å². The number of rotatable bonds is 8. The summed E-state index contributed by atoms with van der Waals surface area (Å²) in [5.74, 6) is 2.21. The molecule has 0 unspecified atom stereocenters. The number of benzene rings is 2. The van der Waals surface area contributed by atoms with E-state index < -0.39 is 0 Å². The molecule has 2 aromatic carbocycles. The molecule has 0 saturated carbocycles. The first-order valence-corrected chi connectivity index (χ1v) is 12.7. The van der Waals surface area contributed by atoms with Gasteiger partial charge in [0.2, 0.25) is 5.95 Å². The van der Waals surface area contributed by atoms with E-state index in [1.54, 1.807) is 25.4 Å². The molecule has 1 atom stereocenters. The van der Waals surface area contributed by atoms with Crippen molar-refractivity contribution in [1.82, 2.24) is 24.1 Å². The minimum atomic E-state index is -0.267. The normalized spacial score (nSPS) is 14.7. The summed E-state index contributed by atoms with van der Waals surface area (Å²) in [6.07, 6.45) is 6.72. The lowest BCUT2D eigenvalue weighted by Crippen LogP contribution is -2.14. The molecule has 1 aliphatic rings. The van der Waals surface area contributed by atoms with Gasteiger partial charge in [-0.25, -0.2) is 19.3 Å². The van der Waals surface area contributed by atoms with Gasteiger partial charge >= 0.3 is 0 Å². The molecule has 0 saturated heterocycles. The van der Waals surface area contributed by atoms with Crippen LogP contribution in [0.5, 0.6) is 5.75 Å². The molecule has 0 spiro atoms. The maximum Gasteiger partial charge on any atom is 0.223 e. The molecule has 37 heavy (non-hydrogen) atoms. The first-order chi connectivity index (χ1) is 18.2. The average Bonchev–Trinajstić information content (AvgIpc) is 3.63. The lowest BCUT2D eigenvalue weighted by molar-refractivity contribution is 0.412. The van der Waals surface area contributed by atoms with E-state index in [2.05, 4.69) is 44.7 Å². The topological polar surface area (TPSA) is 69.8 Å². The molecule has 0 bridgehead atoms. The number of para-hydroxylation sites is 1.